The lowest BCUT2D eigenvalue weighted by atomic mass is 10.1. The number of hydrogen-bond donors (Lipinski definition) is 0. The predicted octanol–water partition coefficient (Wildman–Crippen LogP) is 1.81. The average molecular weight is 329 g/mol. The van der Waals surface area contributed by atoms with Crippen LogP contribution in [0.4, 0.5) is 4.79 Å². The maximum atomic E-state index is 12.5. The molecule has 22 heavy (non-hydrogen) atoms. The fourth-order valence-corrected chi connectivity index (χ4v) is 3.59. The molecule has 0 aromatic rings. The lowest BCUT2D eigenvalue weighted by molar-refractivity contribution is -0.147. The highest BCUT2D eigenvalue weighted by atomic mass is 32.2. The van der Waals surface area contributed by atoms with Gasteiger partial charge >= 0.3 is 6.03 Å². The summed E-state index contributed by atoms with van der Waals surface area (Å²) in [5.74, 6) is 0.0846. The summed E-state index contributed by atoms with van der Waals surface area (Å²) >= 11 is 1.82. The van der Waals surface area contributed by atoms with Crippen molar-refractivity contribution in [1.29, 1.82) is 0 Å². The van der Waals surface area contributed by atoms with Crippen molar-refractivity contribution < 1.29 is 14.3 Å². The molecule has 0 N–H and O–H groups in total. The molecular weight excluding hydrogens is 302 g/mol. The third-order valence-electron chi connectivity index (χ3n) is 4.42. The summed E-state index contributed by atoms with van der Waals surface area (Å²) in [6, 6.07) is 0.0238. The van der Waals surface area contributed by atoms with Gasteiger partial charge < -0.3 is 14.5 Å². The van der Waals surface area contributed by atoms with E-state index in [1.54, 1.807) is 11.9 Å². The third kappa shape index (κ3) is 3.87. The van der Waals surface area contributed by atoms with Crippen LogP contribution in [0.3, 0.4) is 0 Å². The number of carbonyl (C=O) groups excluding carboxylic acids is 2. The Hall–Kier alpha value is -0.950. The minimum atomic E-state index is -0.454. The monoisotopic (exact) mass is 329 g/mol. The zero-order valence-electron chi connectivity index (χ0n) is 13.9. The zero-order chi connectivity index (χ0) is 16.3. The van der Waals surface area contributed by atoms with Crippen LogP contribution in [0.1, 0.15) is 33.1 Å². The van der Waals surface area contributed by atoms with Crippen LogP contribution in [0.5, 0.6) is 0 Å². The molecule has 2 unspecified atom stereocenters. The van der Waals surface area contributed by atoms with Gasteiger partial charge in [-0.15, -0.1) is 0 Å². The Bertz CT molecular complexity index is 419. The summed E-state index contributed by atoms with van der Waals surface area (Å²) in [5, 5.41) is 0.528. The summed E-state index contributed by atoms with van der Waals surface area (Å²) < 4.78 is 5.73. The highest BCUT2D eigenvalue weighted by Gasteiger charge is 2.35. The molecule has 126 valence electrons. The Labute approximate surface area is 137 Å². The van der Waals surface area contributed by atoms with E-state index < -0.39 is 6.23 Å². The van der Waals surface area contributed by atoms with Gasteiger partial charge in [0.1, 0.15) is 13.0 Å². The number of likely N-dealkylation sites (tertiary alicyclic amines) is 1. The Kier molecular flexibility index (Phi) is 5.97. The maximum Gasteiger partial charge on any atom is 0.323 e. The Morgan fingerprint density at radius 2 is 2.18 bits per heavy atom. The van der Waals surface area contributed by atoms with E-state index in [0.29, 0.717) is 5.25 Å². The number of nitrogens with zero attached hydrogens (tertiary/aromatic N) is 3. The Morgan fingerprint density at radius 3 is 2.82 bits per heavy atom. The number of urea groups is 1. The summed E-state index contributed by atoms with van der Waals surface area (Å²) in [7, 11) is 1.70. The van der Waals surface area contributed by atoms with Crippen LogP contribution in [0, 0.1) is 0 Å². The fourth-order valence-electron chi connectivity index (χ4n) is 2.86. The first-order valence-electron chi connectivity index (χ1n) is 7.89. The first-order valence-corrected chi connectivity index (χ1v) is 9.18. The largest absolute Gasteiger partial charge is 0.341 e. The van der Waals surface area contributed by atoms with E-state index in [2.05, 4.69) is 6.26 Å². The van der Waals surface area contributed by atoms with Gasteiger partial charge in [0.15, 0.2) is 0 Å². The van der Waals surface area contributed by atoms with Gasteiger partial charge in [-0.05, 0) is 32.9 Å². The highest BCUT2D eigenvalue weighted by molar-refractivity contribution is 7.99. The van der Waals surface area contributed by atoms with Crippen LogP contribution in [0.15, 0.2) is 0 Å². The lowest BCUT2D eigenvalue weighted by Crippen LogP contribution is -2.57. The van der Waals surface area contributed by atoms with Gasteiger partial charge in [-0.2, -0.15) is 11.8 Å². The second kappa shape index (κ2) is 7.55. The van der Waals surface area contributed by atoms with Gasteiger partial charge in [-0.1, -0.05) is 0 Å². The molecule has 2 saturated heterocycles. The number of thioether (sulfide) groups is 1. The Morgan fingerprint density at radius 1 is 1.45 bits per heavy atom. The molecule has 2 rings (SSSR count). The summed E-state index contributed by atoms with van der Waals surface area (Å²) in [6.45, 7) is 5.79. The van der Waals surface area contributed by atoms with Crippen molar-refractivity contribution in [2.75, 3.05) is 33.1 Å². The van der Waals surface area contributed by atoms with E-state index in [4.69, 9.17) is 4.74 Å². The average Bonchev–Trinajstić information content (AvgIpc) is 2.51. The molecule has 0 aliphatic carbocycles. The van der Waals surface area contributed by atoms with E-state index in [9.17, 15) is 9.59 Å². The predicted molar refractivity (Wildman–Crippen MR) is 87.6 cm³/mol. The van der Waals surface area contributed by atoms with Crippen molar-refractivity contribution in [2.24, 2.45) is 0 Å². The summed E-state index contributed by atoms with van der Waals surface area (Å²) in [4.78, 5) is 29.9. The van der Waals surface area contributed by atoms with Crippen molar-refractivity contribution in [2.45, 2.75) is 50.6 Å². The number of amides is 3. The second-order valence-corrected chi connectivity index (χ2v) is 7.39. The molecular formula is C15H27N3O3S. The maximum absolute atomic E-state index is 12.5. The number of ether oxygens (including phenoxy) is 1. The van der Waals surface area contributed by atoms with E-state index >= 15 is 0 Å². The molecule has 2 aliphatic heterocycles. The molecule has 6 nitrogen and oxygen atoms in total. The van der Waals surface area contributed by atoms with Gasteiger partial charge in [-0.25, -0.2) is 4.79 Å². The van der Waals surface area contributed by atoms with E-state index in [0.717, 1.165) is 19.5 Å². The number of hydrogen-bond acceptors (Lipinski definition) is 4. The molecule has 2 atom stereocenters. The molecule has 2 heterocycles. The van der Waals surface area contributed by atoms with Gasteiger partial charge in [-0.3, -0.25) is 9.69 Å². The van der Waals surface area contributed by atoms with Crippen molar-refractivity contribution in [3.63, 3.8) is 0 Å². The summed E-state index contributed by atoms with van der Waals surface area (Å²) in [6.07, 6.45) is 4.11. The molecule has 2 fully saturated rings. The molecule has 3 amide bonds. The second-order valence-electron chi connectivity index (χ2n) is 6.25. The minimum Gasteiger partial charge on any atom is -0.341 e. The van der Waals surface area contributed by atoms with Crippen LogP contribution in [0.2, 0.25) is 0 Å². The molecule has 0 bridgehead atoms. The summed E-state index contributed by atoms with van der Waals surface area (Å²) in [5.41, 5.74) is 0. The van der Waals surface area contributed by atoms with Crippen molar-refractivity contribution in [3.05, 3.63) is 0 Å². The first-order chi connectivity index (χ1) is 10.4. The van der Waals surface area contributed by atoms with Gasteiger partial charge in [0.25, 0.3) is 0 Å². The van der Waals surface area contributed by atoms with E-state index in [1.165, 1.54) is 11.3 Å². The zero-order valence-corrected chi connectivity index (χ0v) is 14.8. The van der Waals surface area contributed by atoms with Crippen LogP contribution in [-0.4, -0.2) is 77.3 Å². The topological polar surface area (TPSA) is 53.1 Å². The van der Waals surface area contributed by atoms with Gasteiger partial charge in [0.05, 0.1) is 6.42 Å². The molecule has 0 saturated carbocycles. The van der Waals surface area contributed by atoms with Gasteiger partial charge in [0, 0.05) is 31.4 Å². The number of piperidine rings is 1. The molecule has 0 spiro atoms. The Balaban J connectivity index is 1.90. The van der Waals surface area contributed by atoms with Gasteiger partial charge in [0.2, 0.25) is 5.91 Å². The smallest absolute Gasteiger partial charge is 0.323 e. The molecule has 7 heteroatoms. The number of rotatable bonds is 4. The quantitative estimate of drug-likeness (QED) is 0.789. The van der Waals surface area contributed by atoms with Crippen molar-refractivity contribution >= 4 is 23.7 Å². The van der Waals surface area contributed by atoms with Crippen LogP contribution in [0.25, 0.3) is 0 Å². The normalized spacial score (nSPS) is 26.8. The van der Waals surface area contributed by atoms with Crippen molar-refractivity contribution in [1.82, 2.24) is 14.7 Å². The molecule has 0 radical (unpaired) electrons. The highest BCUT2D eigenvalue weighted by Crippen LogP contribution is 2.22. The molecule has 0 aromatic heterocycles. The van der Waals surface area contributed by atoms with E-state index in [1.807, 2.05) is 30.5 Å². The lowest BCUT2D eigenvalue weighted by Gasteiger charge is -2.41. The minimum absolute atomic E-state index is 0.0697. The molecule has 2 aliphatic rings. The van der Waals surface area contributed by atoms with Crippen molar-refractivity contribution in [3.8, 4) is 0 Å². The van der Waals surface area contributed by atoms with Crippen LogP contribution in [-0.2, 0) is 9.53 Å². The number of carbonyl (C=O) groups is 2. The van der Waals surface area contributed by atoms with Crippen LogP contribution >= 0.6 is 11.8 Å². The van der Waals surface area contributed by atoms with E-state index in [-0.39, 0.29) is 31.1 Å². The standard InChI is InChI=1S/C15H27N3O3S/c1-11(2)18-10-21-14(16(3)15(18)20)8-13(19)17-7-5-6-12(9-17)22-4/h11-12,14H,5-10H2,1-4H3. The third-order valence-corrected chi connectivity index (χ3v) is 5.47. The molecule has 0 aromatic carbocycles. The van der Waals surface area contributed by atoms with Crippen LogP contribution < -0.4 is 0 Å². The fraction of sp³-hybridized carbons (Fsp3) is 0.867. The first kappa shape index (κ1) is 17.4. The SMILES string of the molecule is CSC1CCCN(C(=O)CC2OCN(C(C)C)C(=O)N2C)C1.